The summed E-state index contributed by atoms with van der Waals surface area (Å²) in [6.07, 6.45) is 3.02. The molecule has 0 radical (unpaired) electrons. The number of amides is 1. The molecule has 3 aromatic heterocycles. The number of thioether (sulfide) groups is 1. The van der Waals surface area contributed by atoms with Crippen LogP contribution in [0.5, 0.6) is 0 Å². The lowest BCUT2D eigenvalue weighted by Gasteiger charge is -2.07. The quantitative estimate of drug-likeness (QED) is 0.408. The van der Waals surface area contributed by atoms with Crippen molar-refractivity contribution in [3.63, 3.8) is 0 Å². The van der Waals surface area contributed by atoms with Crippen LogP contribution in [-0.4, -0.2) is 38.8 Å². The van der Waals surface area contributed by atoms with E-state index in [4.69, 9.17) is 0 Å². The Labute approximate surface area is 175 Å². The first-order chi connectivity index (χ1) is 13.6. The molecule has 6 nitrogen and oxygen atoms in total. The molecule has 3 heterocycles. The summed E-state index contributed by atoms with van der Waals surface area (Å²) in [5.74, 6) is 1.32. The van der Waals surface area contributed by atoms with Gasteiger partial charge in [-0.2, -0.15) is 0 Å². The average molecular weight is 433 g/mol. The highest BCUT2D eigenvalue weighted by Gasteiger charge is 2.30. The first-order valence-corrected chi connectivity index (χ1v) is 11.8. The minimum Gasteiger partial charge on any atom is -0.356 e. The summed E-state index contributed by atoms with van der Waals surface area (Å²) < 4.78 is 2.19. The van der Waals surface area contributed by atoms with E-state index < -0.39 is 0 Å². The van der Waals surface area contributed by atoms with Crippen LogP contribution in [0.15, 0.2) is 34.8 Å². The third-order valence-electron chi connectivity index (χ3n) is 4.33. The largest absolute Gasteiger partial charge is 0.356 e. The van der Waals surface area contributed by atoms with Crippen molar-refractivity contribution >= 4 is 46.1 Å². The Hall–Kier alpha value is -1.97. The van der Waals surface area contributed by atoms with Gasteiger partial charge in [-0.1, -0.05) is 17.8 Å². The van der Waals surface area contributed by atoms with E-state index in [9.17, 15) is 9.59 Å². The van der Waals surface area contributed by atoms with Crippen molar-refractivity contribution in [3.05, 3.63) is 39.4 Å². The second-order valence-electron chi connectivity index (χ2n) is 6.60. The SMILES string of the molecule is CC(=O)NCCc1ccc(C(=O)CSc2nnc(-c3cccs3)n2C2CC2)s1. The Bertz CT molecular complexity index is 973. The number of nitrogens with one attached hydrogen (secondary N) is 1. The van der Waals surface area contributed by atoms with Crippen molar-refractivity contribution in [2.24, 2.45) is 0 Å². The Balaban J connectivity index is 1.39. The molecule has 1 amide bonds. The Morgan fingerprint density at radius 2 is 2.14 bits per heavy atom. The number of hydrogen-bond donors (Lipinski definition) is 1. The van der Waals surface area contributed by atoms with Crippen LogP contribution in [0, 0.1) is 0 Å². The fourth-order valence-electron chi connectivity index (χ4n) is 2.84. The number of aromatic nitrogens is 3. The zero-order chi connectivity index (χ0) is 19.5. The number of carbonyl (C=O) groups excluding carboxylic acids is 2. The van der Waals surface area contributed by atoms with Crippen molar-refractivity contribution < 1.29 is 9.59 Å². The second kappa shape index (κ2) is 8.59. The molecule has 9 heteroatoms. The predicted octanol–water partition coefficient (Wildman–Crippen LogP) is 4.06. The molecule has 0 spiro atoms. The molecule has 28 heavy (non-hydrogen) atoms. The van der Waals surface area contributed by atoms with E-state index in [0.717, 1.165) is 44.9 Å². The average Bonchev–Trinajstić information content (AvgIpc) is 3.08. The van der Waals surface area contributed by atoms with Crippen LogP contribution in [-0.2, 0) is 11.2 Å². The fraction of sp³-hybridized carbons (Fsp3) is 0.368. The molecule has 4 rings (SSSR count). The van der Waals surface area contributed by atoms with E-state index in [2.05, 4.69) is 26.1 Å². The van der Waals surface area contributed by atoms with Gasteiger partial charge in [0.25, 0.3) is 0 Å². The first-order valence-electron chi connectivity index (χ1n) is 9.09. The molecule has 0 unspecified atom stereocenters. The highest BCUT2D eigenvalue weighted by molar-refractivity contribution is 7.99. The third-order valence-corrected chi connectivity index (χ3v) is 7.33. The maximum absolute atomic E-state index is 12.6. The number of hydrogen-bond acceptors (Lipinski definition) is 7. The summed E-state index contributed by atoms with van der Waals surface area (Å²) in [7, 11) is 0. The Kier molecular flexibility index (Phi) is 5.93. The summed E-state index contributed by atoms with van der Waals surface area (Å²) >= 11 is 4.62. The maximum atomic E-state index is 12.6. The molecular weight excluding hydrogens is 412 g/mol. The predicted molar refractivity (Wildman–Crippen MR) is 113 cm³/mol. The Morgan fingerprint density at radius 3 is 2.86 bits per heavy atom. The van der Waals surface area contributed by atoms with Crippen LogP contribution in [0.2, 0.25) is 0 Å². The van der Waals surface area contributed by atoms with E-state index in [1.165, 1.54) is 30.0 Å². The van der Waals surface area contributed by atoms with E-state index in [0.29, 0.717) is 18.3 Å². The summed E-state index contributed by atoms with van der Waals surface area (Å²) in [5.41, 5.74) is 0. The lowest BCUT2D eigenvalue weighted by molar-refractivity contribution is -0.118. The van der Waals surface area contributed by atoms with Crippen molar-refractivity contribution in [2.45, 2.75) is 37.4 Å². The van der Waals surface area contributed by atoms with Crippen molar-refractivity contribution in [2.75, 3.05) is 12.3 Å². The number of ketones is 1. The van der Waals surface area contributed by atoms with Crippen LogP contribution in [0.1, 0.15) is 40.4 Å². The summed E-state index contributed by atoms with van der Waals surface area (Å²) in [6.45, 7) is 2.10. The van der Waals surface area contributed by atoms with Crippen LogP contribution >= 0.6 is 34.4 Å². The van der Waals surface area contributed by atoms with E-state index in [1.54, 1.807) is 11.3 Å². The molecule has 1 N–H and O–H groups in total. The minimum atomic E-state index is -0.0362. The van der Waals surface area contributed by atoms with Gasteiger partial charge in [0.15, 0.2) is 16.8 Å². The molecule has 0 bridgehead atoms. The van der Waals surface area contributed by atoms with Crippen molar-refractivity contribution in [1.29, 1.82) is 0 Å². The standard InChI is InChI=1S/C19H20N4O2S3/c1-12(24)20-9-8-14-6-7-16(28-14)15(25)11-27-19-22-21-18(17-3-2-10-26-17)23(19)13-4-5-13/h2-3,6-7,10,13H,4-5,8-9,11H2,1H3,(H,20,24). The smallest absolute Gasteiger partial charge is 0.216 e. The lowest BCUT2D eigenvalue weighted by Crippen LogP contribution is -2.22. The maximum Gasteiger partial charge on any atom is 0.216 e. The molecule has 1 fully saturated rings. The minimum absolute atomic E-state index is 0.0362. The summed E-state index contributed by atoms with van der Waals surface area (Å²) in [6, 6.07) is 8.36. The van der Waals surface area contributed by atoms with Crippen molar-refractivity contribution in [3.8, 4) is 10.7 Å². The molecular formula is C19H20N4O2S3. The zero-order valence-corrected chi connectivity index (χ0v) is 17.8. The third kappa shape index (κ3) is 4.53. The number of Topliss-reactive ketones (excluding diaryl/α,β-unsaturated/α-hetero) is 1. The van der Waals surface area contributed by atoms with Gasteiger partial charge in [-0.05, 0) is 42.8 Å². The lowest BCUT2D eigenvalue weighted by atomic mass is 10.3. The van der Waals surface area contributed by atoms with Gasteiger partial charge < -0.3 is 5.32 Å². The molecule has 1 aliphatic rings. The van der Waals surface area contributed by atoms with Crippen LogP contribution in [0.3, 0.4) is 0 Å². The van der Waals surface area contributed by atoms with Gasteiger partial charge in [0.1, 0.15) is 0 Å². The molecule has 1 aliphatic carbocycles. The number of nitrogens with zero attached hydrogens (tertiary/aromatic N) is 3. The van der Waals surface area contributed by atoms with Gasteiger partial charge in [-0.3, -0.25) is 14.2 Å². The number of carbonyl (C=O) groups is 2. The molecule has 0 atom stereocenters. The van der Waals surface area contributed by atoms with E-state index >= 15 is 0 Å². The number of rotatable bonds is 9. The van der Waals surface area contributed by atoms with E-state index in [-0.39, 0.29) is 11.7 Å². The van der Waals surface area contributed by atoms with Crippen molar-refractivity contribution in [1.82, 2.24) is 20.1 Å². The monoisotopic (exact) mass is 432 g/mol. The second-order valence-corrected chi connectivity index (χ2v) is 9.65. The topological polar surface area (TPSA) is 76.9 Å². The highest BCUT2D eigenvalue weighted by Crippen LogP contribution is 2.41. The molecule has 0 aromatic carbocycles. The summed E-state index contributed by atoms with van der Waals surface area (Å²) in [5, 5.41) is 14.4. The van der Waals surface area contributed by atoms with Gasteiger partial charge in [-0.15, -0.1) is 32.9 Å². The molecule has 3 aromatic rings. The Morgan fingerprint density at radius 1 is 1.29 bits per heavy atom. The number of thiophene rings is 2. The molecule has 1 saturated carbocycles. The summed E-state index contributed by atoms with van der Waals surface area (Å²) in [4.78, 5) is 26.5. The van der Waals surface area contributed by atoms with Gasteiger partial charge >= 0.3 is 0 Å². The van der Waals surface area contributed by atoms with Gasteiger partial charge in [0, 0.05) is 24.4 Å². The molecule has 0 aliphatic heterocycles. The molecule has 146 valence electrons. The van der Waals surface area contributed by atoms with Gasteiger partial charge in [0.2, 0.25) is 5.91 Å². The van der Waals surface area contributed by atoms with Crippen LogP contribution < -0.4 is 5.32 Å². The zero-order valence-electron chi connectivity index (χ0n) is 15.4. The first kappa shape index (κ1) is 19.4. The van der Waals surface area contributed by atoms with Crippen LogP contribution in [0.4, 0.5) is 0 Å². The molecule has 0 saturated heterocycles. The normalized spacial score (nSPS) is 13.6. The van der Waals surface area contributed by atoms with Gasteiger partial charge in [-0.25, -0.2) is 0 Å². The van der Waals surface area contributed by atoms with Gasteiger partial charge in [0.05, 0.1) is 15.5 Å². The fourth-order valence-corrected chi connectivity index (χ4v) is 5.47. The van der Waals surface area contributed by atoms with Crippen LogP contribution in [0.25, 0.3) is 10.7 Å². The highest BCUT2D eigenvalue weighted by atomic mass is 32.2. The van der Waals surface area contributed by atoms with E-state index in [1.807, 2.05) is 23.6 Å².